The number of amides is 1. The molecule has 0 spiro atoms. The molecule has 34 heavy (non-hydrogen) atoms. The van der Waals surface area contributed by atoms with Gasteiger partial charge in [-0.1, -0.05) is 53.5 Å². The highest BCUT2D eigenvalue weighted by molar-refractivity contribution is 7.89. The highest BCUT2D eigenvalue weighted by Crippen LogP contribution is 2.36. The van der Waals surface area contributed by atoms with Crippen molar-refractivity contribution in [1.82, 2.24) is 4.31 Å². The number of hydrogen-bond donors (Lipinski definition) is 2. The van der Waals surface area contributed by atoms with Gasteiger partial charge in [-0.3, -0.25) is 4.79 Å². The normalized spacial score (nSPS) is 16.2. The van der Waals surface area contributed by atoms with Crippen molar-refractivity contribution in [2.75, 3.05) is 18.4 Å². The Hall–Kier alpha value is -2.49. The lowest BCUT2D eigenvalue weighted by Crippen LogP contribution is -2.45. The van der Waals surface area contributed by atoms with Crippen molar-refractivity contribution < 1.29 is 22.7 Å². The minimum atomic E-state index is -4.03. The number of halogens is 3. The second-order valence-electron chi connectivity index (χ2n) is 8.03. The molecule has 2 N–H and O–H groups in total. The van der Waals surface area contributed by atoms with Gasteiger partial charge in [0.25, 0.3) is 5.91 Å². The van der Waals surface area contributed by atoms with E-state index in [1.54, 1.807) is 0 Å². The second-order valence-corrected chi connectivity index (χ2v) is 10.8. The first-order valence-electron chi connectivity index (χ1n) is 10.4. The molecular weight excluding hydrogens is 502 g/mol. The summed E-state index contributed by atoms with van der Waals surface area (Å²) in [6.45, 7) is 0.184. The van der Waals surface area contributed by atoms with Crippen LogP contribution in [0.2, 0.25) is 10.0 Å². The third-order valence-electron chi connectivity index (χ3n) is 5.85. The Balaban J connectivity index is 1.54. The topological polar surface area (TPSA) is 86.7 Å². The zero-order valence-electron chi connectivity index (χ0n) is 17.8. The summed E-state index contributed by atoms with van der Waals surface area (Å²) in [4.78, 5) is 12.5. The van der Waals surface area contributed by atoms with E-state index >= 15 is 0 Å². The fourth-order valence-corrected chi connectivity index (χ4v) is 6.01. The first kappa shape index (κ1) is 24.6. The maximum absolute atomic E-state index is 13.4. The number of nitrogens with zero attached hydrogens (tertiary/aromatic N) is 1. The van der Waals surface area contributed by atoms with Crippen LogP contribution in [0, 0.1) is 5.82 Å². The zero-order chi connectivity index (χ0) is 24.5. The van der Waals surface area contributed by atoms with Crippen LogP contribution in [0.25, 0.3) is 0 Å². The zero-order valence-corrected chi connectivity index (χ0v) is 20.2. The number of benzene rings is 3. The Morgan fingerprint density at radius 3 is 2.29 bits per heavy atom. The SMILES string of the molecule is O=C(Nc1ccc(F)c(Cl)c1)c1ccc(Cl)c(S(=O)(=O)N2CCC(O)(c3ccccc3)CC2)c1. The molecule has 4 rings (SSSR count). The van der Waals surface area contributed by atoms with Crippen LogP contribution in [-0.4, -0.2) is 36.8 Å². The first-order chi connectivity index (χ1) is 16.1. The van der Waals surface area contributed by atoms with E-state index in [2.05, 4.69) is 5.32 Å². The van der Waals surface area contributed by atoms with Crippen molar-refractivity contribution in [3.8, 4) is 0 Å². The molecule has 0 bridgehead atoms. The smallest absolute Gasteiger partial charge is 0.255 e. The Morgan fingerprint density at radius 1 is 0.971 bits per heavy atom. The van der Waals surface area contributed by atoms with E-state index in [1.165, 1.54) is 34.6 Å². The van der Waals surface area contributed by atoms with Gasteiger partial charge in [-0.25, -0.2) is 12.8 Å². The van der Waals surface area contributed by atoms with Crippen molar-refractivity contribution in [3.05, 3.63) is 93.7 Å². The van der Waals surface area contributed by atoms with Gasteiger partial charge in [-0.15, -0.1) is 0 Å². The van der Waals surface area contributed by atoms with Gasteiger partial charge < -0.3 is 10.4 Å². The quantitative estimate of drug-likeness (QED) is 0.490. The number of anilines is 1. The number of hydrogen-bond acceptors (Lipinski definition) is 4. The number of nitrogens with one attached hydrogen (secondary N) is 1. The summed E-state index contributed by atoms with van der Waals surface area (Å²) in [6.07, 6.45) is 0.443. The third-order valence-corrected chi connectivity index (χ3v) is 8.52. The van der Waals surface area contributed by atoms with E-state index < -0.39 is 27.3 Å². The highest BCUT2D eigenvalue weighted by atomic mass is 35.5. The lowest BCUT2D eigenvalue weighted by Gasteiger charge is -2.38. The summed E-state index contributed by atoms with van der Waals surface area (Å²) in [5.41, 5.74) is -0.0623. The van der Waals surface area contributed by atoms with Gasteiger partial charge in [0.05, 0.1) is 15.6 Å². The number of aliphatic hydroxyl groups is 1. The summed E-state index contributed by atoms with van der Waals surface area (Å²) in [6, 6.07) is 16.8. The van der Waals surface area contributed by atoms with E-state index in [9.17, 15) is 22.7 Å². The van der Waals surface area contributed by atoms with Crippen molar-refractivity contribution in [3.63, 3.8) is 0 Å². The van der Waals surface area contributed by atoms with Crippen LogP contribution in [-0.2, 0) is 15.6 Å². The van der Waals surface area contributed by atoms with Crippen LogP contribution in [0.3, 0.4) is 0 Å². The van der Waals surface area contributed by atoms with E-state index in [-0.39, 0.29) is 52.1 Å². The average Bonchev–Trinajstić information content (AvgIpc) is 2.82. The maximum Gasteiger partial charge on any atom is 0.255 e. The molecule has 3 aromatic carbocycles. The van der Waals surface area contributed by atoms with E-state index in [0.29, 0.717) is 0 Å². The fourth-order valence-electron chi connectivity index (χ4n) is 3.89. The van der Waals surface area contributed by atoms with E-state index in [1.807, 2.05) is 30.3 Å². The summed E-state index contributed by atoms with van der Waals surface area (Å²) in [5, 5.41) is 13.4. The lowest BCUT2D eigenvalue weighted by molar-refractivity contribution is -0.00961. The van der Waals surface area contributed by atoms with Gasteiger partial charge in [0.15, 0.2) is 0 Å². The molecule has 0 atom stereocenters. The predicted molar refractivity (Wildman–Crippen MR) is 129 cm³/mol. The summed E-state index contributed by atoms with van der Waals surface area (Å²) in [5.74, 6) is -1.23. The lowest BCUT2D eigenvalue weighted by atomic mass is 9.85. The molecule has 1 fully saturated rings. The molecule has 0 aromatic heterocycles. The molecule has 1 saturated heterocycles. The molecule has 6 nitrogen and oxygen atoms in total. The number of rotatable bonds is 5. The number of piperidine rings is 1. The van der Waals surface area contributed by atoms with Crippen LogP contribution < -0.4 is 5.32 Å². The summed E-state index contributed by atoms with van der Waals surface area (Å²) >= 11 is 12.0. The van der Waals surface area contributed by atoms with Crippen molar-refractivity contribution in [2.45, 2.75) is 23.3 Å². The predicted octanol–water partition coefficient (Wildman–Crippen LogP) is 5.06. The molecule has 3 aromatic rings. The van der Waals surface area contributed by atoms with Crippen LogP contribution in [0.4, 0.5) is 10.1 Å². The number of carbonyl (C=O) groups is 1. The number of sulfonamides is 1. The van der Waals surface area contributed by atoms with Gasteiger partial charge >= 0.3 is 0 Å². The van der Waals surface area contributed by atoms with Gasteiger partial charge in [0.2, 0.25) is 10.0 Å². The fraction of sp³-hybridized carbons (Fsp3) is 0.208. The minimum absolute atomic E-state index is 0.0229. The maximum atomic E-state index is 13.4. The van der Waals surface area contributed by atoms with E-state index in [4.69, 9.17) is 23.2 Å². The molecule has 1 heterocycles. The molecule has 1 aliphatic rings. The average molecular weight is 523 g/mol. The molecule has 10 heteroatoms. The number of carbonyl (C=O) groups excluding carboxylic acids is 1. The van der Waals surface area contributed by atoms with Crippen molar-refractivity contribution in [2.24, 2.45) is 0 Å². The molecule has 178 valence electrons. The third kappa shape index (κ3) is 4.96. The first-order valence-corrected chi connectivity index (χ1v) is 12.6. The van der Waals surface area contributed by atoms with Gasteiger partial charge in [0.1, 0.15) is 10.7 Å². The van der Waals surface area contributed by atoms with Crippen LogP contribution in [0.15, 0.2) is 71.6 Å². The van der Waals surface area contributed by atoms with Crippen LogP contribution in [0.1, 0.15) is 28.8 Å². The Morgan fingerprint density at radius 2 is 1.65 bits per heavy atom. The Labute approximate surface area is 207 Å². The van der Waals surface area contributed by atoms with Gasteiger partial charge in [-0.2, -0.15) is 4.31 Å². The molecule has 1 aliphatic heterocycles. The van der Waals surface area contributed by atoms with E-state index in [0.717, 1.165) is 11.6 Å². The van der Waals surface area contributed by atoms with Crippen LogP contribution >= 0.6 is 23.2 Å². The standard InChI is InChI=1S/C24H21Cl2FN2O4S/c25-19-8-6-16(23(30)28-18-7-9-21(27)20(26)15-18)14-22(19)34(32,33)29-12-10-24(31,11-13-29)17-4-2-1-3-5-17/h1-9,14-15,31H,10-13H2,(H,28,30). The van der Waals surface area contributed by atoms with Gasteiger partial charge in [-0.05, 0) is 54.8 Å². The Kier molecular flexibility index (Phi) is 6.98. The molecule has 0 radical (unpaired) electrons. The van der Waals surface area contributed by atoms with Crippen molar-refractivity contribution >= 4 is 44.8 Å². The molecule has 0 saturated carbocycles. The van der Waals surface area contributed by atoms with Crippen LogP contribution in [0.5, 0.6) is 0 Å². The molecular formula is C24H21Cl2FN2O4S. The molecule has 0 unspecified atom stereocenters. The largest absolute Gasteiger partial charge is 0.385 e. The molecule has 1 amide bonds. The Bertz CT molecular complexity index is 1330. The minimum Gasteiger partial charge on any atom is -0.385 e. The molecule has 0 aliphatic carbocycles. The summed E-state index contributed by atoms with van der Waals surface area (Å²) in [7, 11) is -4.03. The second kappa shape index (κ2) is 9.64. The van der Waals surface area contributed by atoms with Gasteiger partial charge in [0, 0.05) is 24.3 Å². The monoisotopic (exact) mass is 522 g/mol. The van der Waals surface area contributed by atoms with Crippen molar-refractivity contribution in [1.29, 1.82) is 0 Å². The highest BCUT2D eigenvalue weighted by Gasteiger charge is 2.38. The summed E-state index contributed by atoms with van der Waals surface area (Å²) < 4.78 is 41.3.